The van der Waals surface area contributed by atoms with Crippen LogP contribution in [0.4, 0.5) is 0 Å². The Labute approximate surface area is 170 Å². The summed E-state index contributed by atoms with van der Waals surface area (Å²) < 4.78 is 0. The first-order valence-electron chi connectivity index (χ1n) is 10.5. The molecular weight excluding hydrogens is 340 g/mol. The molecule has 0 aromatic heterocycles. The van der Waals surface area contributed by atoms with Crippen LogP contribution in [0.5, 0.6) is 5.75 Å². The summed E-state index contributed by atoms with van der Waals surface area (Å²) in [6, 6.07) is 16.6. The van der Waals surface area contributed by atoms with Gasteiger partial charge in [0.25, 0.3) is 0 Å². The summed E-state index contributed by atoms with van der Waals surface area (Å²) >= 11 is 0. The summed E-state index contributed by atoms with van der Waals surface area (Å²) in [7, 11) is 0. The first-order valence-corrected chi connectivity index (χ1v) is 10.5. The Kier molecular flexibility index (Phi) is 6.92. The molecule has 1 heteroatoms. The van der Waals surface area contributed by atoms with Crippen LogP contribution in [0, 0.1) is 12.8 Å². The topological polar surface area (TPSA) is 20.2 Å². The van der Waals surface area contributed by atoms with Crippen LogP contribution in [0.15, 0.2) is 77.9 Å². The normalized spacial score (nSPS) is 15.3. The summed E-state index contributed by atoms with van der Waals surface area (Å²) in [6.07, 6.45) is 12.3. The van der Waals surface area contributed by atoms with Gasteiger partial charge in [0.05, 0.1) is 0 Å². The average molecular weight is 373 g/mol. The van der Waals surface area contributed by atoms with Crippen molar-refractivity contribution in [3.8, 4) is 5.75 Å². The molecule has 0 fully saturated rings. The third kappa shape index (κ3) is 5.25. The Morgan fingerprint density at radius 1 is 1.00 bits per heavy atom. The lowest BCUT2D eigenvalue weighted by atomic mass is 9.84. The number of phenols is 1. The Morgan fingerprint density at radius 2 is 1.64 bits per heavy atom. The average Bonchev–Trinajstić information content (AvgIpc) is 3.18. The molecule has 2 aromatic carbocycles. The van der Waals surface area contributed by atoms with Crippen molar-refractivity contribution in [3.05, 3.63) is 94.6 Å². The summed E-state index contributed by atoms with van der Waals surface area (Å²) in [5.74, 6) is 0.975. The number of rotatable bonds is 8. The van der Waals surface area contributed by atoms with Crippen LogP contribution in [-0.2, 0) is 0 Å². The van der Waals surface area contributed by atoms with Gasteiger partial charge in [-0.15, -0.1) is 0 Å². The van der Waals surface area contributed by atoms with Crippen molar-refractivity contribution in [2.45, 2.75) is 52.9 Å². The second-order valence-electron chi connectivity index (χ2n) is 8.12. The lowest BCUT2D eigenvalue weighted by molar-refractivity contribution is 0.475. The van der Waals surface area contributed by atoms with E-state index in [1.165, 1.54) is 46.3 Å². The molecule has 1 nitrogen and oxygen atoms in total. The highest BCUT2D eigenvalue weighted by molar-refractivity contribution is 5.82. The number of benzene rings is 2. The molecule has 28 heavy (non-hydrogen) atoms. The second-order valence-corrected chi connectivity index (χ2v) is 8.12. The lowest BCUT2D eigenvalue weighted by Crippen LogP contribution is -2.03. The zero-order chi connectivity index (χ0) is 19.9. The van der Waals surface area contributed by atoms with E-state index < -0.39 is 0 Å². The third-order valence-electron chi connectivity index (χ3n) is 5.51. The van der Waals surface area contributed by atoms with Crippen LogP contribution in [0.2, 0.25) is 0 Å². The molecule has 1 N–H and O–H groups in total. The minimum atomic E-state index is 0.315. The fourth-order valence-electron chi connectivity index (χ4n) is 4.10. The summed E-state index contributed by atoms with van der Waals surface area (Å²) in [6.45, 7) is 6.77. The highest BCUT2D eigenvalue weighted by Crippen LogP contribution is 2.36. The third-order valence-corrected chi connectivity index (χ3v) is 5.51. The molecule has 0 aliphatic heterocycles. The highest BCUT2D eigenvalue weighted by atomic mass is 16.3. The highest BCUT2D eigenvalue weighted by Gasteiger charge is 2.17. The van der Waals surface area contributed by atoms with E-state index in [0.717, 1.165) is 19.3 Å². The second kappa shape index (κ2) is 9.59. The van der Waals surface area contributed by atoms with Gasteiger partial charge in [0.2, 0.25) is 0 Å². The fourth-order valence-corrected chi connectivity index (χ4v) is 4.10. The van der Waals surface area contributed by atoms with Gasteiger partial charge in [0.15, 0.2) is 0 Å². The van der Waals surface area contributed by atoms with Crippen molar-refractivity contribution in [2.75, 3.05) is 0 Å². The van der Waals surface area contributed by atoms with Gasteiger partial charge in [0, 0.05) is 0 Å². The zero-order valence-corrected chi connectivity index (χ0v) is 17.4. The standard InChI is InChI=1S/C27H32O/c1-4-7-21(3)18-25(19-22-8-5-6-9-22)27(23-12-10-20(2)11-13-23)24-14-16-26(28)17-15-24/h5-6,8,10-17,21,28H,4,7,9,18-19H2,1-3H3/b27-25+/t21-/m0/s1. The minimum absolute atomic E-state index is 0.315. The largest absolute Gasteiger partial charge is 0.508 e. The maximum absolute atomic E-state index is 9.80. The predicted octanol–water partition coefficient (Wildman–Crippen LogP) is 7.61. The van der Waals surface area contributed by atoms with Crippen LogP contribution in [-0.4, -0.2) is 5.11 Å². The van der Waals surface area contributed by atoms with E-state index >= 15 is 0 Å². The summed E-state index contributed by atoms with van der Waals surface area (Å²) in [4.78, 5) is 0. The SMILES string of the molecule is CCC[C@H](C)C/C(CC1=CC=CC1)=C(/c1ccc(C)cc1)c1ccc(O)cc1. The molecule has 0 spiro atoms. The lowest BCUT2D eigenvalue weighted by Gasteiger charge is -2.21. The molecule has 1 aliphatic rings. The van der Waals surface area contributed by atoms with Crippen molar-refractivity contribution in [2.24, 2.45) is 5.92 Å². The summed E-state index contributed by atoms with van der Waals surface area (Å²) in [5, 5.41) is 9.80. The molecule has 0 heterocycles. The number of hydrogen-bond acceptors (Lipinski definition) is 1. The monoisotopic (exact) mass is 372 g/mol. The molecule has 1 atom stereocenters. The molecule has 0 saturated carbocycles. The van der Waals surface area contributed by atoms with Gasteiger partial charge in [0.1, 0.15) is 5.75 Å². The predicted molar refractivity (Wildman–Crippen MR) is 120 cm³/mol. The smallest absolute Gasteiger partial charge is 0.115 e. The van der Waals surface area contributed by atoms with E-state index in [-0.39, 0.29) is 0 Å². The van der Waals surface area contributed by atoms with Gasteiger partial charge in [-0.3, -0.25) is 0 Å². The molecule has 0 saturated heterocycles. The Balaban J connectivity index is 2.11. The first kappa shape index (κ1) is 20.2. The minimum Gasteiger partial charge on any atom is -0.508 e. The van der Waals surface area contributed by atoms with Crippen LogP contribution in [0.25, 0.3) is 5.57 Å². The molecule has 3 rings (SSSR count). The van der Waals surface area contributed by atoms with E-state index in [1.54, 1.807) is 12.1 Å². The molecule has 0 amide bonds. The van der Waals surface area contributed by atoms with Crippen molar-refractivity contribution < 1.29 is 5.11 Å². The molecule has 0 unspecified atom stereocenters. The van der Waals surface area contributed by atoms with Crippen molar-refractivity contribution in [3.63, 3.8) is 0 Å². The summed E-state index contributed by atoms with van der Waals surface area (Å²) in [5.41, 5.74) is 8.05. The first-order chi connectivity index (χ1) is 13.6. The number of phenolic OH excluding ortho intramolecular Hbond substituents is 1. The number of aromatic hydroxyl groups is 1. The van der Waals surface area contributed by atoms with Crippen LogP contribution < -0.4 is 0 Å². The van der Waals surface area contributed by atoms with Crippen molar-refractivity contribution in [1.29, 1.82) is 0 Å². The van der Waals surface area contributed by atoms with E-state index in [1.807, 2.05) is 0 Å². The maximum atomic E-state index is 9.80. The van der Waals surface area contributed by atoms with E-state index in [4.69, 9.17) is 0 Å². The molecule has 2 aromatic rings. The molecule has 0 bridgehead atoms. The van der Waals surface area contributed by atoms with Crippen molar-refractivity contribution in [1.82, 2.24) is 0 Å². The molecular formula is C27H32O. The Hall–Kier alpha value is -2.54. The molecule has 1 aliphatic carbocycles. The van der Waals surface area contributed by atoms with Crippen molar-refractivity contribution >= 4 is 5.57 Å². The van der Waals surface area contributed by atoms with Gasteiger partial charge in [-0.05, 0) is 60.9 Å². The quantitative estimate of drug-likeness (QED) is 0.505. The van der Waals surface area contributed by atoms with Gasteiger partial charge >= 0.3 is 0 Å². The van der Waals surface area contributed by atoms with E-state index in [2.05, 4.69) is 75.4 Å². The number of allylic oxidation sites excluding steroid dienone is 5. The van der Waals surface area contributed by atoms with Crippen LogP contribution in [0.1, 0.15) is 62.6 Å². The van der Waals surface area contributed by atoms with E-state index in [0.29, 0.717) is 11.7 Å². The van der Waals surface area contributed by atoms with E-state index in [9.17, 15) is 5.11 Å². The fraction of sp³-hybridized carbons (Fsp3) is 0.333. The Bertz CT molecular complexity index is 816. The maximum Gasteiger partial charge on any atom is 0.115 e. The zero-order valence-electron chi connectivity index (χ0n) is 17.4. The van der Waals surface area contributed by atoms with Crippen LogP contribution >= 0.6 is 0 Å². The number of hydrogen-bond donors (Lipinski definition) is 1. The van der Waals surface area contributed by atoms with Gasteiger partial charge in [-0.25, -0.2) is 0 Å². The number of aryl methyl sites for hydroxylation is 1. The van der Waals surface area contributed by atoms with Gasteiger partial charge in [-0.1, -0.05) is 98.0 Å². The molecule has 146 valence electrons. The Morgan fingerprint density at radius 3 is 2.21 bits per heavy atom. The van der Waals surface area contributed by atoms with Gasteiger partial charge in [-0.2, -0.15) is 0 Å². The molecule has 0 radical (unpaired) electrons. The van der Waals surface area contributed by atoms with Gasteiger partial charge < -0.3 is 5.11 Å². The van der Waals surface area contributed by atoms with Crippen LogP contribution in [0.3, 0.4) is 0 Å².